The highest BCUT2D eigenvalue weighted by Gasteiger charge is 2.04. The van der Waals surface area contributed by atoms with Crippen molar-refractivity contribution in [3.8, 4) is 0 Å². The van der Waals surface area contributed by atoms with E-state index in [4.69, 9.17) is 0 Å². The standard InChI is InChI=1S/C8H11BrN2OS/c1-2-3-4-13-8-6(9)7(12)10-5-11-8/h5H,2-4H2,1H3,(H,10,11,12). The summed E-state index contributed by atoms with van der Waals surface area (Å²) < 4.78 is 0.538. The molecule has 1 heterocycles. The predicted molar refractivity (Wildman–Crippen MR) is 58.2 cm³/mol. The van der Waals surface area contributed by atoms with Gasteiger partial charge in [-0.15, -0.1) is 11.8 Å². The summed E-state index contributed by atoms with van der Waals surface area (Å²) in [5, 5.41) is 0.775. The van der Waals surface area contributed by atoms with Gasteiger partial charge in [-0.1, -0.05) is 13.3 Å². The van der Waals surface area contributed by atoms with Crippen LogP contribution in [-0.4, -0.2) is 15.7 Å². The maximum atomic E-state index is 11.1. The first kappa shape index (κ1) is 10.8. The molecule has 1 aromatic rings. The van der Waals surface area contributed by atoms with Crippen LogP contribution in [0.4, 0.5) is 0 Å². The molecule has 0 saturated carbocycles. The topological polar surface area (TPSA) is 45.8 Å². The maximum Gasteiger partial charge on any atom is 0.266 e. The van der Waals surface area contributed by atoms with E-state index in [1.807, 2.05) is 0 Å². The van der Waals surface area contributed by atoms with Crippen molar-refractivity contribution in [2.24, 2.45) is 0 Å². The van der Waals surface area contributed by atoms with Crippen LogP contribution >= 0.6 is 27.7 Å². The van der Waals surface area contributed by atoms with Crippen LogP contribution in [0.25, 0.3) is 0 Å². The summed E-state index contributed by atoms with van der Waals surface area (Å²) in [7, 11) is 0. The Hall–Kier alpha value is -0.290. The molecule has 5 heteroatoms. The molecule has 0 unspecified atom stereocenters. The summed E-state index contributed by atoms with van der Waals surface area (Å²) in [4.78, 5) is 17.7. The minimum Gasteiger partial charge on any atom is -0.312 e. The number of halogens is 1. The molecule has 0 amide bonds. The Bertz CT molecular complexity index is 326. The monoisotopic (exact) mass is 262 g/mol. The molecule has 0 aromatic carbocycles. The molecule has 72 valence electrons. The van der Waals surface area contributed by atoms with E-state index in [1.165, 1.54) is 6.33 Å². The minimum absolute atomic E-state index is 0.117. The molecule has 0 atom stereocenters. The van der Waals surface area contributed by atoms with Gasteiger partial charge in [0.15, 0.2) is 0 Å². The van der Waals surface area contributed by atoms with Crippen molar-refractivity contribution in [3.63, 3.8) is 0 Å². The van der Waals surface area contributed by atoms with Gasteiger partial charge < -0.3 is 4.98 Å². The molecular weight excluding hydrogens is 252 g/mol. The highest BCUT2D eigenvalue weighted by molar-refractivity contribution is 9.10. The third-order valence-corrected chi connectivity index (χ3v) is 3.58. The first-order chi connectivity index (χ1) is 6.25. The lowest BCUT2D eigenvalue weighted by atomic mass is 10.4. The quantitative estimate of drug-likeness (QED) is 0.515. The van der Waals surface area contributed by atoms with E-state index >= 15 is 0 Å². The minimum atomic E-state index is -0.117. The van der Waals surface area contributed by atoms with Crippen molar-refractivity contribution < 1.29 is 0 Å². The molecule has 3 nitrogen and oxygen atoms in total. The highest BCUT2D eigenvalue weighted by Crippen LogP contribution is 2.21. The Labute approximate surface area is 89.5 Å². The number of aromatic amines is 1. The first-order valence-corrected chi connectivity index (χ1v) is 5.89. The van der Waals surface area contributed by atoms with Gasteiger partial charge in [0.1, 0.15) is 9.50 Å². The van der Waals surface area contributed by atoms with Crippen molar-refractivity contribution in [1.82, 2.24) is 9.97 Å². The summed E-state index contributed by atoms with van der Waals surface area (Å²) in [6.07, 6.45) is 3.74. The Balaban J connectivity index is 2.66. The fraction of sp³-hybridized carbons (Fsp3) is 0.500. The van der Waals surface area contributed by atoms with Gasteiger partial charge in [0, 0.05) is 0 Å². The van der Waals surface area contributed by atoms with E-state index in [0.717, 1.165) is 23.6 Å². The number of H-pyrrole nitrogens is 1. The summed E-state index contributed by atoms with van der Waals surface area (Å²) in [5.41, 5.74) is -0.117. The van der Waals surface area contributed by atoms with Crippen LogP contribution in [0, 0.1) is 0 Å². The smallest absolute Gasteiger partial charge is 0.266 e. The zero-order chi connectivity index (χ0) is 9.68. The van der Waals surface area contributed by atoms with Gasteiger partial charge >= 0.3 is 0 Å². The highest BCUT2D eigenvalue weighted by atomic mass is 79.9. The molecule has 1 N–H and O–H groups in total. The molecule has 13 heavy (non-hydrogen) atoms. The van der Waals surface area contributed by atoms with Crippen molar-refractivity contribution in [1.29, 1.82) is 0 Å². The molecule has 0 bridgehead atoms. The van der Waals surface area contributed by atoms with E-state index in [9.17, 15) is 4.79 Å². The van der Waals surface area contributed by atoms with E-state index in [-0.39, 0.29) is 5.56 Å². The Morgan fingerprint density at radius 3 is 3.15 bits per heavy atom. The second kappa shape index (κ2) is 5.44. The fourth-order valence-corrected chi connectivity index (χ4v) is 2.31. The summed E-state index contributed by atoms with van der Waals surface area (Å²) in [6, 6.07) is 0. The van der Waals surface area contributed by atoms with Crippen molar-refractivity contribution in [3.05, 3.63) is 21.2 Å². The second-order valence-corrected chi connectivity index (χ2v) is 4.43. The number of rotatable bonds is 4. The van der Waals surface area contributed by atoms with Crippen molar-refractivity contribution in [2.45, 2.75) is 24.8 Å². The molecule has 0 aliphatic carbocycles. The summed E-state index contributed by atoms with van der Waals surface area (Å²) in [5.74, 6) is 1.01. The van der Waals surface area contributed by atoms with Crippen LogP contribution < -0.4 is 5.56 Å². The maximum absolute atomic E-state index is 11.1. The summed E-state index contributed by atoms with van der Waals surface area (Å²) in [6.45, 7) is 2.14. The number of nitrogens with zero attached hydrogens (tertiary/aromatic N) is 1. The van der Waals surface area contributed by atoms with Crippen LogP contribution in [0.3, 0.4) is 0 Å². The van der Waals surface area contributed by atoms with Gasteiger partial charge in [0.25, 0.3) is 5.56 Å². The Morgan fingerprint density at radius 2 is 2.46 bits per heavy atom. The van der Waals surface area contributed by atoms with Crippen LogP contribution in [0.2, 0.25) is 0 Å². The van der Waals surface area contributed by atoms with Crippen molar-refractivity contribution in [2.75, 3.05) is 5.75 Å². The molecule has 0 spiro atoms. The van der Waals surface area contributed by atoms with Crippen LogP contribution in [0.15, 0.2) is 20.6 Å². The Kier molecular flexibility index (Phi) is 4.52. The van der Waals surface area contributed by atoms with Crippen LogP contribution in [0.5, 0.6) is 0 Å². The largest absolute Gasteiger partial charge is 0.312 e. The predicted octanol–water partition coefficient (Wildman–Crippen LogP) is 2.42. The third kappa shape index (κ3) is 3.15. The van der Waals surface area contributed by atoms with E-state index in [2.05, 4.69) is 32.8 Å². The molecule has 1 aromatic heterocycles. The van der Waals surface area contributed by atoms with Gasteiger partial charge in [-0.3, -0.25) is 4.79 Å². The number of nitrogens with one attached hydrogen (secondary N) is 1. The fourth-order valence-electron chi connectivity index (χ4n) is 0.780. The number of unbranched alkanes of at least 4 members (excludes halogenated alkanes) is 1. The van der Waals surface area contributed by atoms with E-state index < -0.39 is 0 Å². The molecule has 0 aliphatic rings. The van der Waals surface area contributed by atoms with Gasteiger partial charge in [0.2, 0.25) is 0 Å². The molecule has 1 rings (SSSR count). The number of thioether (sulfide) groups is 1. The van der Waals surface area contributed by atoms with Gasteiger partial charge in [-0.2, -0.15) is 0 Å². The van der Waals surface area contributed by atoms with Gasteiger partial charge in [0.05, 0.1) is 6.33 Å². The van der Waals surface area contributed by atoms with Crippen LogP contribution in [0.1, 0.15) is 19.8 Å². The zero-order valence-electron chi connectivity index (χ0n) is 7.34. The molecule has 0 radical (unpaired) electrons. The van der Waals surface area contributed by atoms with Crippen molar-refractivity contribution >= 4 is 27.7 Å². The first-order valence-electron chi connectivity index (χ1n) is 4.11. The lowest BCUT2D eigenvalue weighted by molar-refractivity contribution is 0.892. The average Bonchev–Trinajstić information content (AvgIpc) is 2.13. The third-order valence-electron chi connectivity index (χ3n) is 1.50. The lowest BCUT2D eigenvalue weighted by Gasteiger charge is -2.00. The normalized spacial score (nSPS) is 10.3. The average molecular weight is 263 g/mol. The van der Waals surface area contributed by atoms with E-state index in [0.29, 0.717) is 4.47 Å². The Morgan fingerprint density at radius 1 is 1.69 bits per heavy atom. The van der Waals surface area contributed by atoms with Gasteiger partial charge in [-0.25, -0.2) is 4.98 Å². The number of hydrogen-bond donors (Lipinski definition) is 1. The van der Waals surface area contributed by atoms with Crippen LogP contribution in [-0.2, 0) is 0 Å². The van der Waals surface area contributed by atoms with Gasteiger partial charge in [-0.05, 0) is 28.1 Å². The number of hydrogen-bond acceptors (Lipinski definition) is 3. The summed E-state index contributed by atoms with van der Waals surface area (Å²) >= 11 is 4.81. The molecule has 0 fully saturated rings. The zero-order valence-corrected chi connectivity index (χ0v) is 9.74. The molecule has 0 aliphatic heterocycles. The number of aromatic nitrogens is 2. The molecule has 0 saturated heterocycles. The van der Waals surface area contributed by atoms with E-state index in [1.54, 1.807) is 11.8 Å². The lowest BCUT2D eigenvalue weighted by Crippen LogP contribution is -2.08. The molecular formula is C8H11BrN2OS. The SMILES string of the molecule is CCCCSc1nc[nH]c(=O)c1Br. The second-order valence-electron chi connectivity index (χ2n) is 2.55.